The lowest BCUT2D eigenvalue weighted by atomic mass is 9.77. The maximum Gasteiger partial charge on any atom is 0.0338 e. The summed E-state index contributed by atoms with van der Waals surface area (Å²) in [6.45, 7) is 8.26. The predicted octanol–water partition coefficient (Wildman–Crippen LogP) is 3.88. The van der Waals surface area contributed by atoms with E-state index < -0.39 is 0 Å². The Balaban J connectivity index is 1.77. The van der Waals surface area contributed by atoms with Gasteiger partial charge in [0, 0.05) is 36.1 Å². The standard InChI is InChI=1S/C17H28N2S/c1-14(2)16-12-19(11-15-7-6-10-20-15)17(13-18-16)8-4-3-5-9-17/h6-7,10,14,16,18H,3-5,8-9,11-13H2,1-2H3. The summed E-state index contributed by atoms with van der Waals surface area (Å²) in [4.78, 5) is 4.35. The van der Waals surface area contributed by atoms with Crippen LogP contribution in [0.25, 0.3) is 0 Å². The molecule has 0 aromatic carbocycles. The quantitative estimate of drug-likeness (QED) is 0.909. The molecular formula is C17H28N2S. The SMILES string of the molecule is CC(C)C1CN(Cc2cccs2)C2(CCCCC2)CN1. The minimum atomic E-state index is 0.438. The van der Waals surface area contributed by atoms with Crippen molar-refractivity contribution < 1.29 is 0 Å². The van der Waals surface area contributed by atoms with E-state index in [-0.39, 0.29) is 0 Å². The number of rotatable bonds is 3. The van der Waals surface area contributed by atoms with Crippen LogP contribution in [0.3, 0.4) is 0 Å². The van der Waals surface area contributed by atoms with Gasteiger partial charge in [0.25, 0.3) is 0 Å². The van der Waals surface area contributed by atoms with Gasteiger partial charge in [-0.15, -0.1) is 11.3 Å². The maximum absolute atomic E-state index is 3.85. The van der Waals surface area contributed by atoms with Crippen molar-refractivity contribution in [3.05, 3.63) is 22.4 Å². The Morgan fingerprint density at radius 1 is 1.35 bits per heavy atom. The molecule has 1 unspecified atom stereocenters. The molecule has 1 N–H and O–H groups in total. The van der Waals surface area contributed by atoms with Gasteiger partial charge in [0.1, 0.15) is 0 Å². The molecule has 0 radical (unpaired) electrons. The average Bonchev–Trinajstić information content (AvgIpc) is 2.95. The van der Waals surface area contributed by atoms with Crippen molar-refractivity contribution in [3.8, 4) is 0 Å². The van der Waals surface area contributed by atoms with Crippen molar-refractivity contribution >= 4 is 11.3 Å². The lowest BCUT2D eigenvalue weighted by Gasteiger charge is -2.52. The number of nitrogens with one attached hydrogen (secondary N) is 1. The van der Waals surface area contributed by atoms with E-state index in [1.54, 1.807) is 0 Å². The van der Waals surface area contributed by atoms with E-state index in [2.05, 4.69) is 41.6 Å². The maximum atomic E-state index is 3.85. The molecule has 2 heterocycles. The molecule has 1 saturated heterocycles. The second-order valence-electron chi connectivity index (χ2n) is 6.98. The van der Waals surface area contributed by atoms with Gasteiger partial charge in [-0.3, -0.25) is 4.90 Å². The molecule has 0 bridgehead atoms. The van der Waals surface area contributed by atoms with E-state index in [1.807, 2.05) is 11.3 Å². The average molecular weight is 292 g/mol. The summed E-state index contributed by atoms with van der Waals surface area (Å²) in [6, 6.07) is 5.14. The molecule has 1 aromatic rings. The van der Waals surface area contributed by atoms with E-state index in [0.717, 1.165) is 12.5 Å². The molecule has 112 valence electrons. The smallest absolute Gasteiger partial charge is 0.0338 e. The highest BCUT2D eigenvalue weighted by Gasteiger charge is 2.42. The lowest BCUT2D eigenvalue weighted by Crippen LogP contribution is -2.65. The Morgan fingerprint density at radius 2 is 2.15 bits per heavy atom. The van der Waals surface area contributed by atoms with Crippen LogP contribution in [-0.4, -0.2) is 29.6 Å². The summed E-state index contributed by atoms with van der Waals surface area (Å²) in [5, 5.41) is 6.06. The summed E-state index contributed by atoms with van der Waals surface area (Å²) < 4.78 is 0. The first-order valence-corrected chi connectivity index (χ1v) is 9.08. The second kappa shape index (κ2) is 6.17. The van der Waals surface area contributed by atoms with Crippen LogP contribution in [0.2, 0.25) is 0 Å². The van der Waals surface area contributed by atoms with E-state index in [1.165, 1.54) is 50.1 Å². The molecule has 1 spiro atoms. The summed E-state index contributed by atoms with van der Waals surface area (Å²) in [5.41, 5.74) is 0.438. The van der Waals surface area contributed by atoms with Gasteiger partial charge in [-0.05, 0) is 30.2 Å². The lowest BCUT2D eigenvalue weighted by molar-refractivity contribution is -0.00351. The van der Waals surface area contributed by atoms with Crippen molar-refractivity contribution in [2.75, 3.05) is 13.1 Å². The highest BCUT2D eigenvalue weighted by atomic mass is 32.1. The molecule has 2 nitrogen and oxygen atoms in total. The molecule has 1 aliphatic heterocycles. The monoisotopic (exact) mass is 292 g/mol. The molecule has 2 fully saturated rings. The van der Waals surface area contributed by atoms with Gasteiger partial charge < -0.3 is 5.32 Å². The summed E-state index contributed by atoms with van der Waals surface area (Å²) in [7, 11) is 0. The number of nitrogens with zero attached hydrogens (tertiary/aromatic N) is 1. The number of hydrogen-bond donors (Lipinski definition) is 1. The normalized spacial score (nSPS) is 27.2. The van der Waals surface area contributed by atoms with E-state index in [4.69, 9.17) is 0 Å². The van der Waals surface area contributed by atoms with Crippen LogP contribution in [0.4, 0.5) is 0 Å². The summed E-state index contributed by atoms with van der Waals surface area (Å²) in [6.07, 6.45) is 7.03. The number of thiophene rings is 1. The molecule has 3 heteroatoms. The van der Waals surface area contributed by atoms with Gasteiger partial charge in [-0.25, -0.2) is 0 Å². The van der Waals surface area contributed by atoms with Crippen molar-refractivity contribution in [2.24, 2.45) is 5.92 Å². The van der Waals surface area contributed by atoms with Crippen LogP contribution in [0.15, 0.2) is 17.5 Å². The fourth-order valence-corrected chi connectivity index (χ4v) is 4.62. The fourth-order valence-electron chi connectivity index (χ4n) is 3.90. The molecule has 1 saturated carbocycles. The van der Waals surface area contributed by atoms with Crippen LogP contribution >= 0.6 is 11.3 Å². The minimum absolute atomic E-state index is 0.438. The Hall–Kier alpha value is -0.380. The highest BCUT2D eigenvalue weighted by molar-refractivity contribution is 7.09. The molecular weight excluding hydrogens is 264 g/mol. The molecule has 2 aliphatic rings. The van der Waals surface area contributed by atoms with Gasteiger partial charge in [0.15, 0.2) is 0 Å². The summed E-state index contributed by atoms with van der Waals surface area (Å²) >= 11 is 1.91. The first-order valence-electron chi connectivity index (χ1n) is 8.20. The Morgan fingerprint density at radius 3 is 2.80 bits per heavy atom. The zero-order valence-electron chi connectivity index (χ0n) is 12.9. The zero-order valence-corrected chi connectivity index (χ0v) is 13.7. The Kier molecular flexibility index (Phi) is 4.49. The molecule has 3 rings (SSSR count). The van der Waals surface area contributed by atoms with Gasteiger partial charge in [0.05, 0.1) is 0 Å². The minimum Gasteiger partial charge on any atom is -0.311 e. The van der Waals surface area contributed by atoms with E-state index >= 15 is 0 Å². The third-order valence-electron chi connectivity index (χ3n) is 5.30. The zero-order chi connectivity index (χ0) is 14.0. The van der Waals surface area contributed by atoms with Crippen molar-refractivity contribution in [1.82, 2.24) is 10.2 Å². The molecule has 20 heavy (non-hydrogen) atoms. The van der Waals surface area contributed by atoms with Crippen LogP contribution in [0.5, 0.6) is 0 Å². The largest absolute Gasteiger partial charge is 0.311 e. The van der Waals surface area contributed by atoms with E-state index in [9.17, 15) is 0 Å². The predicted molar refractivity (Wildman–Crippen MR) is 87.2 cm³/mol. The second-order valence-corrected chi connectivity index (χ2v) is 8.01. The van der Waals surface area contributed by atoms with Gasteiger partial charge in [-0.1, -0.05) is 39.2 Å². The van der Waals surface area contributed by atoms with Gasteiger partial charge in [-0.2, -0.15) is 0 Å². The third kappa shape index (κ3) is 2.95. The van der Waals surface area contributed by atoms with Crippen LogP contribution < -0.4 is 5.32 Å². The number of hydrogen-bond acceptors (Lipinski definition) is 3. The van der Waals surface area contributed by atoms with Gasteiger partial charge in [0.2, 0.25) is 0 Å². The summed E-state index contributed by atoms with van der Waals surface area (Å²) in [5.74, 6) is 0.724. The van der Waals surface area contributed by atoms with Gasteiger partial charge >= 0.3 is 0 Å². The Labute approximate surface area is 127 Å². The van der Waals surface area contributed by atoms with E-state index in [0.29, 0.717) is 11.6 Å². The Bertz CT molecular complexity index is 407. The van der Waals surface area contributed by atoms with Crippen LogP contribution in [0.1, 0.15) is 50.8 Å². The van der Waals surface area contributed by atoms with Crippen molar-refractivity contribution in [2.45, 2.75) is 64.1 Å². The topological polar surface area (TPSA) is 15.3 Å². The molecule has 1 atom stereocenters. The van der Waals surface area contributed by atoms with Crippen LogP contribution in [-0.2, 0) is 6.54 Å². The molecule has 1 aliphatic carbocycles. The van der Waals surface area contributed by atoms with Crippen molar-refractivity contribution in [3.63, 3.8) is 0 Å². The first kappa shape index (κ1) is 14.6. The molecule has 0 amide bonds. The third-order valence-corrected chi connectivity index (χ3v) is 6.16. The molecule has 1 aromatic heterocycles. The van der Waals surface area contributed by atoms with Crippen molar-refractivity contribution in [1.29, 1.82) is 0 Å². The fraction of sp³-hybridized carbons (Fsp3) is 0.765. The van der Waals surface area contributed by atoms with Crippen LogP contribution in [0, 0.1) is 5.92 Å². The first-order chi connectivity index (χ1) is 9.70. The number of piperazine rings is 1. The highest BCUT2D eigenvalue weighted by Crippen LogP contribution is 2.37.